The van der Waals surface area contributed by atoms with Gasteiger partial charge in [0.15, 0.2) is 0 Å². The third-order valence-corrected chi connectivity index (χ3v) is 5.29. The van der Waals surface area contributed by atoms with Crippen molar-refractivity contribution in [3.63, 3.8) is 0 Å². The zero-order valence-corrected chi connectivity index (χ0v) is 14.0. The molecule has 0 bridgehead atoms. The van der Waals surface area contributed by atoms with E-state index in [1.807, 2.05) is 20.9 Å². The zero-order valence-electron chi connectivity index (χ0n) is 13.2. The molecule has 116 valence electrons. The number of likely N-dealkylation sites (N-methyl/N-ethyl adjacent to an activating group) is 1. The van der Waals surface area contributed by atoms with Crippen LogP contribution in [0.15, 0.2) is 0 Å². The SMILES string of the molecule is CCC(C)N(C)CCNS(=O)(=O)C(C)CNC(C)C. The van der Waals surface area contributed by atoms with Crippen LogP contribution < -0.4 is 10.0 Å². The normalized spacial score (nSPS) is 16.0. The number of nitrogens with one attached hydrogen (secondary N) is 2. The van der Waals surface area contributed by atoms with Crippen LogP contribution in [0.2, 0.25) is 0 Å². The third-order valence-electron chi connectivity index (χ3n) is 3.45. The Hall–Kier alpha value is -0.170. The van der Waals surface area contributed by atoms with Crippen molar-refractivity contribution < 1.29 is 8.42 Å². The minimum Gasteiger partial charge on any atom is -0.313 e. The van der Waals surface area contributed by atoms with E-state index in [1.54, 1.807) is 6.92 Å². The molecule has 0 rings (SSSR count). The highest BCUT2D eigenvalue weighted by molar-refractivity contribution is 7.90. The Bertz CT molecular complexity index is 331. The fourth-order valence-electron chi connectivity index (χ4n) is 1.55. The summed E-state index contributed by atoms with van der Waals surface area (Å²) in [5, 5.41) is 2.74. The summed E-state index contributed by atoms with van der Waals surface area (Å²) in [5.74, 6) is 0. The van der Waals surface area contributed by atoms with Crippen molar-refractivity contribution in [2.24, 2.45) is 0 Å². The molecule has 0 aliphatic heterocycles. The molecule has 2 unspecified atom stereocenters. The second kappa shape index (κ2) is 8.89. The standard InChI is InChI=1S/C13H31N3O2S/c1-7-12(4)16(6)9-8-15-19(17,18)13(5)10-14-11(2)3/h11-15H,7-10H2,1-6H3. The molecule has 0 saturated carbocycles. The van der Waals surface area contributed by atoms with Crippen LogP contribution in [0.3, 0.4) is 0 Å². The molecule has 2 N–H and O–H groups in total. The van der Waals surface area contributed by atoms with E-state index >= 15 is 0 Å². The number of nitrogens with zero attached hydrogens (tertiary/aromatic N) is 1. The average molecular weight is 293 g/mol. The highest BCUT2D eigenvalue weighted by Gasteiger charge is 2.20. The van der Waals surface area contributed by atoms with Crippen LogP contribution in [0.5, 0.6) is 0 Å². The summed E-state index contributed by atoms with van der Waals surface area (Å²) in [6, 6.07) is 0.777. The summed E-state index contributed by atoms with van der Waals surface area (Å²) in [4.78, 5) is 2.17. The van der Waals surface area contributed by atoms with E-state index in [2.05, 4.69) is 28.8 Å². The fourth-order valence-corrected chi connectivity index (χ4v) is 2.53. The second-order valence-corrected chi connectivity index (χ2v) is 7.73. The van der Waals surface area contributed by atoms with Gasteiger partial charge in [-0.15, -0.1) is 0 Å². The minimum atomic E-state index is -3.22. The first-order valence-electron chi connectivity index (χ1n) is 7.12. The van der Waals surface area contributed by atoms with Gasteiger partial charge in [0.1, 0.15) is 0 Å². The molecular formula is C13H31N3O2S. The van der Waals surface area contributed by atoms with Crippen LogP contribution in [0, 0.1) is 0 Å². The summed E-state index contributed by atoms with van der Waals surface area (Å²) in [7, 11) is -1.20. The van der Waals surface area contributed by atoms with E-state index in [0.717, 1.165) is 13.0 Å². The van der Waals surface area contributed by atoms with Crippen molar-refractivity contribution in [2.45, 2.75) is 58.4 Å². The molecule has 0 aromatic rings. The fraction of sp³-hybridized carbons (Fsp3) is 1.00. The maximum absolute atomic E-state index is 12.0. The van der Waals surface area contributed by atoms with Crippen molar-refractivity contribution in [2.75, 3.05) is 26.7 Å². The van der Waals surface area contributed by atoms with Gasteiger partial charge in [0.2, 0.25) is 10.0 Å². The summed E-state index contributed by atoms with van der Waals surface area (Å²) in [6.45, 7) is 11.7. The van der Waals surface area contributed by atoms with Gasteiger partial charge in [-0.1, -0.05) is 20.8 Å². The van der Waals surface area contributed by atoms with Gasteiger partial charge >= 0.3 is 0 Å². The van der Waals surface area contributed by atoms with Gasteiger partial charge in [0, 0.05) is 31.7 Å². The maximum atomic E-state index is 12.0. The van der Waals surface area contributed by atoms with Crippen molar-refractivity contribution in [3.8, 4) is 0 Å². The molecule has 0 aliphatic rings. The van der Waals surface area contributed by atoms with Gasteiger partial charge < -0.3 is 10.2 Å². The molecule has 0 heterocycles. The summed E-state index contributed by atoms with van der Waals surface area (Å²) < 4.78 is 26.7. The molecule has 0 saturated heterocycles. The summed E-state index contributed by atoms with van der Waals surface area (Å²) in [5.41, 5.74) is 0. The van der Waals surface area contributed by atoms with Crippen LogP contribution in [0.25, 0.3) is 0 Å². The van der Waals surface area contributed by atoms with Crippen molar-refractivity contribution >= 4 is 10.0 Å². The van der Waals surface area contributed by atoms with E-state index in [9.17, 15) is 8.42 Å². The number of rotatable bonds is 10. The Kier molecular flexibility index (Phi) is 8.81. The van der Waals surface area contributed by atoms with E-state index in [4.69, 9.17) is 0 Å². The van der Waals surface area contributed by atoms with E-state index in [0.29, 0.717) is 25.2 Å². The van der Waals surface area contributed by atoms with Gasteiger partial charge in [-0.2, -0.15) is 0 Å². The Morgan fingerprint density at radius 2 is 1.74 bits per heavy atom. The zero-order chi connectivity index (χ0) is 15.1. The molecule has 0 spiro atoms. The van der Waals surface area contributed by atoms with Crippen molar-refractivity contribution in [1.29, 1.82) is 0 Å². The molecule has 0 radical (unpaired) electrons. The predicted molar refractivity (Wildman–Crippen MR) is 81.9 cm³/mol. The monoisotopic (exact) mass is 293 g/mol. The molecule has 0 amide bonds. The van der Waals surface area contributed by atoms with Gasteiger partial charge in [0.25, 0.3) is 0 Å². The lowest BCUT2D eigenvalue weighted by molar-refractivity contribution is 0.256. The summed E-state index contributed by atoms with van der Waals surface area (Å²) in [6.07, 6.45) is 1.07. The van der Waals surface area contributed by atoms with Crippen LogP contribution >= 0.6 is 0 Å². The maximum Gasteiger partial charge on any atom is 0.215 e. The smallest absolute Gasteiger partial charge is 0.215 e. The molecule has 0 aromatic heterocycles. The molecule has 5 nitrogen and oxygen atoms in total. The van der Waals surface area contributed by atoms with Gasteiger partial charge in [0.05, 0.1) is 5.25 Å². The Balaban J connectivity index is 4.09. The lowest BCUT2D eigenvalue weighted by Gasteiger charge is -2.24. The molecule has 0 aliphatic carbocycles. The molecule has 0 fully saturated rings. The predicted octanol–water partition coefficient (Wildman–Crippen LogP) is 1.02. The van der Waals surface area contributed by atoms with Crippen LogP contribution in [0.1, 0.15) is 41.0 Å². The quantitative estimate of drug-likeness (QED) is 0.631. The van der Waals surface area contributed by atoms with Crippen LogP contribution in [0.4, 0.5) is 0 Å². The Morgan fingerprint density at radius 3 is 2.21 bits per heavy atom. The molecular weight excluding hydrogens is 262 g/mol. The van der Waals surface area contributed by atoms with E-state index < -0.39 is 15.3 Å². The second-order valence-electron chi connectivity index (χ2n) is 5.55. The van der Waals surface area contributed by atoms with Crippen molar-refractivity contribution in [1.82, 2.24) is 14.9 Å². The number of hydrogen-bond donors (Lipinski definition) is 2. The van der Waals surface area contributed by atoms with E-state index in [-0.39, 0.29) is 0 Å². The summed E-state index contributed by atoms with van der Waals surface area (Å²) >= 11 is 0. The first-order chi connectivity index (χ1) is 8.70. The highest BCUT2D eigenvalue weighted by atomic mass is 32.2. The average Bonchev–Trinajstić information content (AvgIpc) is 2.34. The Labute approximate surface area is 119 Å². The van der Waals surface area contributed by atoms with E-state index in [1.165, 1.54) is 0 Å². The lowest BCUT2D eigenvalue weighted by atomic mass is 10.2. The minimum absolute atomic E-state index is 0.300. The lowest BCUT2D eigenvalue weighted by Crippen LogP contribution is -2.43. The molecule has 2 atom stereocenters. The molecule has 0 aromatic carbocycles. The van der Waals surface area contributed by atoms with Crippen LogP contribution in [-0.4, -0.2) is 57.3 Å². The number of hydrogen-bond acceptors (Lipinski definition) is 4. The Morgan fingerprint density at radius 1 is 1.16 bits per heavy atom. The number of sulfonamides is 1. The topological polar surface area (TPSA) is 61.4 Å². The largest absolute Gasteiger partial charge is 0.313 e. The first-order valence-corrected chi connectivity index (χ1v) is 8.67. The first kappa shape index (κ1) is 18.8. The third kappa shape index (κ3) is 7.87. The molecule has 19 heavy (non-hydrogen) atoms. The highest BCUT2D eigenvalue weighted by Crippen LogP contribution is 2.00. The van der Waals surface area contributed by atoms with Gasteiger partial charge in [-0.25, -0.2) is 13.1 Å². The van der Waals surface area contributed by atoms with Gasteiger partial charge in [-0.3, -0.25) is 0 Å². The van der Waals surface area contributed by atoms with Crippen LogP contribution in [-0.2, 0) is 10.0 Å². The molecule has 6 heteroatoms. The van der Waals surface area contributed by atoms with Crippen molar-refractivity contribution in [3.05, 3.63) is 0 Å². The van der Waals surface area contributed by atoms with Gasteiger partial charge in [-0.05, 0) is 27.3 Å².